The van der Waals surface area contributed by atoms with E-state index in [1.807, 2.05) is 30.3 Å². The second kappa shape index (κ2) is 5.51. The van der Waals surface area contributed by atoms with Gasteiger partial charge in [-0.05, 0) is 36.4 Å². The lowest BCUT2D eigenvalue weighted by molar-refractivity contribution is 0.0994. The lowest BCUT2D eigenvalue weighted by atomic mass is 10.2. The molecule has 3 rings (SSSR count). The van der Waals surface area contributed by atoms with Crippen LogP contribution in [0.15, 0.2) is 63.9 Å². The Kier molecular flexibility index (Phi) is 3.56. The van der Waals surface area contributed by atoms with Gasteiger partial charge >= 0.3 is 0 Å². The summed E-state index contributed by atoms with van der Waals surface area (Å²) in [5.41, 5.74) is 0.527. The summed E-state index contributed by atoms with van der Waals surface area (Å²) in [5, 5.41) is 0.609. The Labute approximate surface area is 119 Å². The molecule has 0 N–H and O–H groups in total. The number of furan rings is 1. The number of rotatable bonds is 4. The number of ketones is 1. The number of Topliss-reactive ketones (excluding diaryl/α,β-unsaturated/α-hetero) is 1. The van der Waals surface area contributed by atoms with Gasteiger partial charge in [0.1, 0.15) is 11.4 Å². The first kappa shape index (κ1) is 12.9. The van der Waals surface area contributed by atoms with Crippen LogP contribution in [-0.4, -0.2) is 11.5 Å². The van der Waals surface area contributed by atoms with Crippen molar-refractivity contribution in [2.75, 3.05) is 5.75 Å². The SMILES string of the molecule is O=C(CSc1ccccc1)c1cc2cc(F)ccc2o1. The maximum Gasteiger partial charge on any atom is 0.208 e. The second-order valence-corrected chi connectivity index (χ2v) is 5.37. The van der Waals surface area contributed by atoms with Crippen LogP contribution in [0.25, 0.3) is 11.0 Å². The molecule has 0 bridgehead atoms. The maximum absolute atomic E-state index is 13.1. The third-order valence-corrected chi connectivity index (χ3v) is 3.88. The van der Waals surface area contributed by atoms with Crippen molar-refractivity contribution in [3.05, 3.63) is 66.2 Å². The van der Waals surface area contributed by atoms with E-state index in [0.29, 0.717) is 16.7 Å². The molecule has 0 saturated heterocycles. The van der Waals surface area contributed by atoms with Gasteiger partial charge in [-0.3, -0.25) is 4.79 Å². The van der Waals surface area contributed by atoms with Gasteiger partial charge in [0.05, 0.1) is 5.75 Å². The largest absolute Gasteiger partial charge is 0.453 e. The molecule has 0 aliphatic carbocycles. The van der Waals surface area contributed by atoms with Crippen molar-refractivity contribution in [3.8, 4) is 0 Å². The zero-order chi connectivity index (χ0) is 13.9. The molecule has 1 heterocycles. The fourth-order valence-electron chi connectivity index (χ4n) is 1.89. The number of fused-ring (bicyclic) bond motifs is 1. The summed E-state index contributed by atoms with van der Waals surface area (Å²) in [4.78, 5) is 13.1. The molecule has 0 aliphatic rings. The molecular formula is C16H11FO2S. The summed E-state index contributed by atoms with van der Waals surface area (Å²) in [6, 6.07) is 15.5. The van der Waals surface area contributed by atoms with E-state index in [1.54, 1.807) is 6.07 Å². The maximum atomic E-state index is 13.1. The average molecular weight is 286 g/mol. The molecule has 0 radical (unpaired) electrons. The zero-order valence-electron chi connectivity index (χ0n) is 10.5. The minimum absolute atomic E-state index is 0.101. The predicted octanol–water partition coefficient (Wildman–Crippen LogP) is 4.55. The minimum atomic E-state index is -0.337. The Balaban J connectivity index is 1.75. The van der Waals surface area contributed by atoms with Crippen molar-refractivity contribution < 1.29 is 13.6 Å². The fraction of sp³-hybridized carbons (Fsp3) is 0.0625. The van der Waals surface area contributed by atoms with Crippen molar-refractivity contribution in [3.63, 3.8) is 0 Å². The predicted molar refractivity (Wildman–Crippen MR) is 77.7 cm³/mol. The number of carbonyl (C=O) groups excluding carboxylic acids is 1. The highest BCUT2D eigenvalue weighted by Crippen LogP contribution is 2.23. The quantitative estimate of drug-likeness (QED) is 0.521. The molecule has 100 valence electrons. The van der Waals surface area contributed by atoms with Crippen LogP contribution in [0.5, 0.6) is 0 Å². The Hall–Kier alpha value is -2.07. The smallest absolute Gasteiger partial charge is 0.208 e. The van der Waals surface area contributed by atoms with E-state index < -0.39 is 0 Å². The Morgan fingerprint density at radius 2 is 1.90 bits per heavy atom. The lowest BCUT2D eigenvalue weighted by Crippen LogP contribution is -2.00. The fourth-order valence-corrected chi connectivity index (χ4v) is 2.68. The number of carbonyl (C=O) groups is 1. The van der Waals surface area contributed by atoms with Crippen LogP contribution >= 0.6 is 11.8 Å². The molecule has 0 fully saturated rings. The van der Waals surface area contributed by atoms with E-state index in [-0.39, 0.29) is 17.4 Å². The molecule has 2 nitrogen and oxygen atoms in total. The van der Waals surface area contributed by atoms with E-state index >= 15 is 0 Å². The number of benzene rings is 2. The Morgan fingerprint density at radius 1 is 1.10 bits per heavy atom. The summed E-state index contributed by atoms with van der Waals surface area (Å²) >= 11 is 1.45. The van der Waals surface area contributed by atoms with Gasteiger partial charge in [-0.25, -0.2) is 4.39 Å². The van der Waals surface area contributed by atoms with Crippen LogP contribution in [0.1, 0.15) is 10.6 Å². The van der Waals surface area contributed by atoms with Gasteiger partial charge in [-0.2, -0.15) is 0 Å². The molecule has 1 aromatic heterocycles. The number of thioether (sulfide) groups is 1. The number of halogens is 1. The molecule has 0 atom stereocenters. The van der Waals surface area contributed by atoms with Crippen molar-refractivity contribution in [1.29, 1.82) is 0 Å². The van der Waals surface area contributed by atoms with E-state index in [4.69, 9.17) is 4.42 Å². The van der Waals surface area contributed by atoms with Gasteiger partial charge in [0.2, 0.25) is 5.78 Å². The summed E-state index contributed by atoms with van der Waals surface area (Å²) in [7, 11) is 0. The van der Waals surface area contributed by atoms with E-state index in [2.05, 4.69) is 0 Å². The minimum Gasteiger partial charge on any atom is -0.453 e. The van der Waals surface area contributed by atoms with Gasteiger partial charge in [-0.1, -0.05) is 18.2 Å². The van der Waals surface area contributed by atoms with E-state index in [9.17, 15) is 9.18 Å². The summed E-state index contributed by atoms with van der Waals surface area (Å²) in [5.74, 6) is 0.132. The zero-order valence-corrected chi connectivity index (χ0v) is 11.3. The van der Waals surface area contributed by atoms with Gasteiger partial charge in [0.25, 0.3) is 0 Å². The van der Waals surface area contributed by atoms with Gasteiger partial charge in [-0.15, -0.1) is 11.8 Å². The van der Waals surface area contributed by atoms with Gasteiger partial charge in [0.15, 0.2) is 5.76 Å². The third-order valence-electron chi connectivity index (χ3n) is 2.87. The molecule has 4 heteroatoms. The second-order valence-electron chi connectivity index (χ2n) is 4.32. The van der Waals surface area contributed by atoms with Crippen LogP contribution < -0.4 is 0 Å². The standard InChI is InChI=1S/C16H11FO2S/c17-12-6-7-15-11(8-12)9-16(19-15)14(18)10-20-13-4-2-1-3-5-13/h1-9H,10H2. The van der Waals surface area contributed by atoms with E-state index in [1.165, 1.54) is 30.0 Å². The first-order valence-corrected chi connectivity index (χ1v) is 7.11. The summed E-state index contributed by atoms with van der Waals surface area (Å²) in [6.45, 7) is 0. The first-order valence-electron chi connectivity index (χ1n) is 6.12. The summed E-state index contributed by atoms with van der Waals surface area (Å²) < 4.78 is 18.5. The third kappa shape index (κ3) is 2.75. The molecule has 3 aromatic rings. The highest BCUT2D eigenvalue weighted by atomic mass is 32.2. The Bertz CT molecular complexity index is 750. The number of hydrogen-bond donors (Lipinski definition) is 0. The molecule has 0 aliphatic heterocycles. The average Bonchev–Trinajstić information content (AvgIpc) is 2.89. The van der Waals surface area contributed by atoms with Crippen LogP contribution in [0.3, 0.4) is 0 Å². The molecule has 20 heavy (non-hydrogen) atoms. The van der Waals surface area contributed by atoms with Gasteiger partial charge < -0.3 is 4.42 Å². The van der Waals surface area contributed by atoms with Gasteiger partial charge in [0, 0.05) is 10.3 Å². The monoisotopic (exact) mass is 286 g/mol. The van der Waals surface area contributed by atoms with Crippen molar-refractivity contribution in [1.82, 2.24) is 0 Å². The van der Waals surface area contributed by atoms with Crippen LogP contribution in [-0.2, 0) is 0 Å². The molecular weight excluding hydrogens is 275 g/mol. The van der Waals surface area contributed by atoms with Crippen LogP contribution in [0.2, 0.25) is 0 Å². The van der Waals surface area contributed by atoms with Crippen molar-refractivity contribution >= 4 is 28.5 Å². The first-order chi connectivity index (χ1) is 9.72. The van der Waals surface area contributed by atoms with Crippen LogP contribution in [0.4, 0.5) is 4.39 Å². The van der Waals surface area contributed by atoms with Crippen molar-refractivity contribution in [2.45, 2.75) is 4.90 Å². The van der Waals surface area contributed by atoms with Crippen LogP contribution in [0, 0.1) is 5.82 Å². The number of hydrogen-bond acceptors (Lipinski definition) is 3. The van der Waals surface area contributed by atoms with E-state index in [0.717, 1.165) is 4.90 Å². The topological polar surface area (TPSA) is 30.2 Å². The Morgan fingerprint density at radius 3 is 2.70 bits per heavy atom. The highest BCUT2D eigenvalue weighted by molar-refractivity contribution is 8.00. The normalized spacial score (nSPS) is 10.8. The molecule has 2 aromatic carbocycles. The molecule has 0 spiro atoms. The van der Waals surface area contributed by atoms with Crippen molar-refractivity contribution in [2.24, 2.45) is 0 Å². The molecule has 0 saturated carbocycles. The lowest BCUT2D eigenvalue weighted by Gasteiger charge is -1.98. The molecule has 0 unspecified atom stereocenters. The molecule has 0 amide bonds. The summed E-state index contributed by atoms with van der Waals surface area (Å²) in [6.07, 6.45) is 0. The highest BCUT2D eigenvalue weighted by Gasteiger charge is 2.13.